The molecule has 3 heteroatoms. The van der Waals surface area contributed by atoms with E-state index in [0.29, 0.717) is 5.92 Å². The lowest BCUT2D eigenvalue weighted by Gasteiger charge is -2.27. The molecule has 1 atom stereocenters. The van der Waals surface area contributed by atoms with Gasteiger partial charge in [0, 0.05) is 10.8 Å². The fourth-order valence-electron chi connectivity index (χ4n) is 1.67. The zero-order chi connectivity index (χ0) is 13.8. The number of rotatable bonds is 4. The zero-order valence-electron chi connectivity index (χ0n) is 11.8. The summed E-state index contributed by atoms with van der Waals surface area (Å²) in [6.07, 6.45) is 0. The van der Waals surface area contributed by atoms with Crippen molar-refractivity contribution in [2.45, 2.75) is 45.4 Å². The molecule has 2 nitrogen and oxygen atoms in total. The van der Waals surface area contributed by atoms with E-state index in [-0.39, 0.29) is 10.8 Å². The van der Waals surface area contributed by atoms with Crippen LogP contribution in [-0.2, 0) is 0 Å². The maximum atomic E-state index is 9.19. The summed E-state index contributed by atoms with van der Waals surface area (Å²) in [4.78, 5) is 0. The van der Waals surface area contributed by atoms with Crippen LogP contribution in [0.4, 0.5) is 0 Å². The summed E-state index contributed by atoms with van der Waals surface area (Å²) in [6, 6.07) is 10.3. The largest absolute Gasteiger partial charge is 0.256 e. The van der Waals surface area contributed by atoms with E-state index in [4.69, 9.17) is 0 Å². The molecule has 0 amide bonds. The molecule has 18 heavy (non-hydrogen) atoms. The first kappa shape index (κ1) is 15.1. The number of nitrogens with one attached hydrogen (secondary N) is 1. The number of nitriles is 1. The van der Waals surface area contributed by atoms with E-state index in [9.17, 15) is 5.26 Å². The summed E-state index contributed by atoms with van der Waals surface area (Å²) in [7, 11) is 0. The molecule has 0 saturated heterocycles. The highest BCUT2D eigenvalue weighted by molar-refractivity contribution is 7.98. The predicted molar refractivity (Wildman–Crippen MR) is 79.2 cm³/mol. The summed E-state index contributed by atoms with van der Waals surface area (Å²) < 4.78 is 3.68. The molecule has 1 N–H and O–H groups in total. The van der Waals surface area contributed by atoms with Crippen LogP contribution in [0.2, 0.25) is 0 Å². The van der Waals surface area contributed by atoms with E-state index in [2.05, 4.69) is 45.4 Å². The quantitative estimate of drug-likeness (QED) is 0.822. The molecule has 0 spiro atoms. The normalized spacial score (nSPS) is 13.4. The van der Waals surface area contributed by atoms with Crippen LogP contribution in [0.15, 0.2) is 24.3 Å². The monoisotopic (exact) mass is 262 g/mol. The second-order valence-electron chi connectivity index (χ2n) is 5.75. The average Bonchev–Trinajstić information content (AvgIpc) is 2.28. The third kappa shape index (κ3) is 4.36. The van der Waals surface area contributed by atoms with Crippen LogP contribution in [0, 0.1) is 17.2 Å². The Balaban J connectivity index is 2.95. The van der Waals surface area contributed by atoms with Crippen molar-refractivity contribution < 1.29 is 0 Å². The Labute approximate surface area is 115 Å². The zero-order valence-corrected chi connectivity index (χ0v) is 12.6. The Morgan fingerprint density at radius 3 is 2.33 bits per heavy atom. The third-order valence-corrected chi connectivity index (χ3v) is 3.56. The molecule has 0 unspecified atom stereocenters. The molecule has 0 bridgehead atoms. The highest BCUT2D eigenvalue weighted by Crippen LogP contribution is 2.30. The Hall–Kier alpha value is -0.980. The summed E-state index contributed by atoms with van der Waals surface area (Å²) >= 11 is 1.72. The Morgan fingerprint density at radius 2 is 1.83 bits per heavy atom. The Bertz CT molecular complexity index is 427. The number of hydrogen-bond donors (Lipinski definition) is 1. The highest BCUT2D eigenvalue weighted by atomic mass is 32.2. The van der Waals surface area contributed by atoms with Crippen LogP contribution in [0.1, 0.15) is 51.8 Å². The smallest absolute Gasteiger partial charge is 0.0995 e. The molecule has 0 aliphatic rings. The molecular formula is C15H22N2S. The Morgan fingerprint density at radius 1 is 1.22 bits per heavy atom. The Kier molecular flexibility index (Phi) is 5.25. The minimum atomic E-state index is 0.161. The van der Waals surface area contributed by atoms with Gasteiger partial charge >= 0.3 is 0 Å². The molecule has 1 aromatic carbocycles. The van der Waals surface area contributed by atoms with Gasteiger partial charge in [0.05, 0.1) is 11.6 Å². The van der Waals surface area contributed by atoms with Gasteiger partial charge < -0.3 is 0 Å². The fraction of sp³-hybridized carbons (Fsp3) is 0.533. The van der Waals surface area contributed by atoms with Crippen LogP contribution in [0.25, 0.3) is 0 Å². The molecule has 0 fully saturated rings. The molecule has 1 aromatic rings. The van der Waals surface area contributed by atoms with Crippen molar-refractivity contribution in [2.24, 2.45) is 5.92 Å². The average molecular weight is 262 g/mol. The van der Waals surface area contributed by atoms with E-state index >= 15 is 0 Å². The van der Waals surface area contributed by atoms with Gasteiger partial charge in [-0.3, -0.25) is 4.72 Å². The van der Waals surface area contributed by atoms with E-state index < -0.39 is 0 Å². The summed E-state index contributed by atoms with van der Waals surface area (Å²) in [6.45, 7) is 10.9. The molecule has 0 saturated carbocycles. The van der Waals surface area contributed by atoms with Gasteiger partial charge in [-0.15, -0.1) is 0 Å². The molecule has 1 rings (SSSR count). The van der Waals surface area contributed by atoms with Gasteiger partial charge in [-0.1, -0.05) is 44.0 Å². The third-order valence-electron chi connectivity index (χ3n) is 2.58. The second-order valence-corrected chi connectivity index (χ2v) is 7.42. The van der Waals surface area contributed by atoms with Crippen LogP contribution in [0.5, 0.6) is 0 Å². The van der Waals surface area contributed by atoms with Gasteiger partial charge in [-0.05, 0) is 38.3 Å². The van der Waals surface area contributed by atoms with Gasteiger partial charge in [-0.25, -0.2) is 0 Å². The molecule has 0 aliphatic carbocycles. The lowest BCUT2D eigenvalue weighted by Crippen LogP contribution is -2.25. The van der Waals surface area contributed by atoms with Crippen molar-refractivity contribution in [2.75, 3.05) is 0 Å². The molecule has 98 valence electrons. The van der Waals surface area contributed by atoms with Gasteiger partial charge in [0.1, 0.15) is 0 Å². The van der Waals surface area contributed by atoms with Crippen LogP contribution >= 0.6 is 11.9 Å². The minimum Gasteiger partial charge on any atom is -0.256 e. The fourth-order valence-corrected chi connectivity index (χ4v) is 2.55. The lowest BCUT2D eigenvalue weighted by atomic mass is 9.93. The van der Waals surface area contributed by atoms with Crippen molar-refractivity contribution in [3.63, 3.8) is 0 Å². The first-order valence-electron chi connectivity index (χ1n) is 6.27. The molecule has 0 heterocycles. The van der Waals surface area contributed by atoms with Crippen molar-refractivity contribution >= 4 is 11.9 Å². The maximum absolute atomic E-state index is 9.19. The van der Waals surface area contributed by atoms with Gasteiger partial charge in [-0.2, -0.15) is 5.26 Å². The maximum Gasteiger partial charge on any atom is 0.0995 e. The van der Waals surface area contributed by atoms with Gasteiger partial charge in [0.25, 0.3) is 0 Å². The van der Waals surface area contributed by atoms with Crippen molar-refractivity contribution in [3.8, 4) is 6.07 Å². The molecule has 0 radical (unpaired) electrons. The van der Waals surface area contributed by atoms with Crippen LogP contribution in [0.3, 0.4) is 0 Å². The topological polar surface area (TPSA) is 35.8 Å². The van der Waals surface area contributed by atoms with Crippen molar-refractivity contribution in [1.82, 2.24) is 4.72 Å². The highest BCUT2D eigenvalue weighted by Gasteiger charge is 2.21. The van der Waals surface area contributed by atoms with E-state index in [1.165, 1.54) is 0 Å². The molecule has 0 aliphatic heterocycles. The number of benzene rings is 1. The standard InChI is InChI=1S/C15H22N2S/c1-11(2)14(17-18-15(3,4)5)13-9-7-6-8-12(13)10-16/h6-9,11,14,17H,1-5H3/t14-/m1/s1. The lowest BCUT2D eigenvalue weighted by molar-refractivity contribution is 0.483. The summed E-state index contributed by atoms with van der Waals surface area (Å²) in [5, 5.41) is 9.19. The SMILES string of the molecule is CC(C)[C@@H](NSC(C)(C)C)c1ccccc1C#N. The first-order chi connectivity index (χ1) is 8.35. The van der Waals surface area contributed by atoms with Crippen LogP contribution < -0.4 is 4.72 Å². The minimum absolute atomic E-state index is 0.161. The number of nitrogens with zero attached hydrogens (tertiary/aromatic N) is 1. The summed E-state index contributed by atoms with van der Waals surface area (Å²) in [5.74, 6) is 0.439. The van der Waals surface area contributed by atoms with E-state index in [0.717, 1.165) is 11.1 Å². The van der Waals surface area contributed by atoms with Crippen LogP contribution in [-0.4, -0.2) is 4.75 Å². The molecule has 0 aromatic heterocycles. The predicted octanol–water partition coefficient (Wildman–Crippen LogP) is 4.29. The number of hydrogen-bond acceptors (Lipinski definition) is 3. The van der Waals surface area contributed by atoms with E-state index in [1.807, 2.05) is 24.3 Å². The second kappa shape index (κ2) is 6.26. The molecular weight excluding hydrogens is 240 g/mol. The van der Waals surface area contributed by atoms with E-state index in [1.54, 1.807) is 11.9 Å². The van der Waals surface area contributed by atoms with Crippen molar-refractivity contribution in [3.05, 3.63) is 35.4 Å². The van der Waals surface area contributed by atoms with Crippen molar-refractivity contribution in [1.29, 1.82) is 5.26 Å². The first-order valence-corrected chi connectivity index (χ1v) is 7.09. The van der Waals surface area contributed by atoms with Gasteiger partial charge in [0.2, 0.25) is 0 Å². The van der Waals surface area contributed by atoms with Gasteiger partial charge in [0.15, 0.2) is 0 Å². The summed E-state index contributed by atoms with van der Waals surface area (Å²) in [5.41, 5.74) is 1.85.